The van der Waals surface area contributed by atoms with Crippen LogP contribution in [0.15, 0.2) is 24.5 Å². The van der Waals surface area contributed by atoms with Crippen molar-refractivity contribution in [2.75, 3.05) is 26.0 Å². The molecule has 0 bridgehead atoms. The Labute approximate surface area is 121 Å². The molecular weight excluding hydrogens is 284 g/mol. The van der Waals surface area contributed by atoms with Crippen molar-refractivity contribution < 1.29 is 9.53 Å². The molecule has 1 aromatic carbocycles. The number of halogens is 1. The maximum Gasteiger partial charge on any atom is 0.238 e. The minimum atomic E-state index is -0.129. The lowest BCUT2D eigenvalue weighted by atomic mass is 10.2. The first-order valence-corrected chi connectivity index (χ1v) is 5.60. The molecule has 0 aliphatic carbocycles. The standard InChI is InChI=1S/C11H14N6O2.ClH/c1-12-6-11(18)14-8-3-4-10(19-2)9(5-8)17-7-13-15-16-17;/h3-5,7,12H,6H2,1-2H3,(H,14,18);1H. The van der Waals surface area contributed by atoms with Crippen LogP contribution in [0.2, 0.25) is 0 Å². The molecule has 0 fully saturated rings. The highest BCUT2D eigenvalue weighted by Gasteiger charge is 2.09. The number of methoxy groups -OCH3 is 1. The smallest absolute Gasteiger partial charge is 0.238 e. The molecule has 0 spiro atoms. The molecule has 20 heavy (non-hydrogen) atoms. The molecule has 1 heterocycles. The normalized spacial score (nSPS) is 9.70. The van der Waals surface area contributed by atoms with Gasteiger partial charge in [0.15, 0.2) is 0 Å². The highest BCUT2D eigenvalue weighted by molar-refractivity contribution is 5.92. The van der Waals surface area contributed by atoms with E-state index in [1.807, 2.05) is 0 Å². The fourth-order valence-electron chi connectivity index (χ4n) is 1.58. The van der Waals surface area contributed by atoms with Gasteiger partial charge in [-0.3, -0.25) is 4.79 Å². The van der Waals surface area contributed by atoms with E-state index in [9.17, 15) is 4.79 Å². The van der Waals surface area contributed by atoms with Gasteiger partial charge >= 0.3 is 0 Å². The molecule has 0 saturated carbocycles. The molecule has 2 aromatic rings. The van der Waals surface area contributed by atoms with Gasteiger partial charge < -0.3 is 15.4 Å². The number of rotatable bonds is 5. The summed E-state index contributed by atoms with van der Waals surface area (Å²) >= 11 is 0. The Morgan fingerprint density at radius 2 is 2.25 bits per heavy atom. The Kier molecular flexibility index (Phi) is 5.88. The minimum absolute atomic E-state index is 0. The average Bonchev–Trinajstić information content (AvgIpc) is 2.92. The van der Waals surface area contributed by atoms with Crippen LogP contribution >= 0.6 is 12.4 Å². The number of amides is 1. The van der Waals surface area contributed by atoms with Gasteiger partial charge in [0.1, 0.15) is 17.8 Å². The number of tetrazole rings is 1. The number of carbonyl (C=O) groups is 1. The Morgan fingerprint density at radius 1 is 1.45 bits per heavy atom. The maximum absolute atomic E-state index is 11.5. The van der Waals surface area contributed by atoms with E-state index >= 15 is 0 Å². The fraction of sp³-hybridized carbons (Fsp3) is 0.273. The van der Waals surface area contributed by atoms with E-state index in [0.29, 0.717) is 17.1 Å². The lowest BCUT2D eigenvalue weighted by molar-refractivity contribution is -0.115. The van der Waals surface area contributed by atoms with Crippen LogP contribution in [-0.4, -0.2) is 46.8 Å². The topological polar surface area (TPSA) is 94.0 Å². The number of nitrogens with one attached hydrogen (secondary N) is 2. The van der Waals surface area contributed by atoms with Gasteiger partial charge in [-0.15, -0.1) is 17.5 Å². The first-order chi connectivity index (χ1) is 9.24. The summed E-state index contributed by atoms with van der Waals surface area (Å²) in [5, 5.41) is 16.5. The van der Waals surface area contributed by atoms with E-state index in [4.69, 9.17) is 4.74 Å². The van der Waals surface area contributed by atoms with Crippen LogP contribution in [0.1, 0.15) is 0 Å². The van der Waals surface area contributed by atoms with E-state index in [1.54, 1.807) is 32.4 Å². The van der Waals surface area contributed by atoms with Crippen molar-refractivity contribution in [3.63, 3.8) is 0 Å². The number of hydrogen-bond acceptors (Lipinski definition) is 6. The van der Waals surface area contributed by atoms with Gasteiger partial charge in [0.25, 0.3) is 0 Å². The summed E-state index contributed by atoms with van der Waals surface area (Å²) in [5.74, 6) is 0.481. The third kappa shape index (κ3) is 3.65. The Bertz CT molecular complexity index is 560. The van der Waals surface area contributed by atoms with E-state index in [1.165, 1.54) is 11.0 Å². The first-order valence-electron chi connectivity index (χ1n) is 5.60. The lowest BCUT2D eigenvalue weighted by Crippen LogP contribution is -2.25. The molecular formula is C11H15ClN6O2. The van der Waals surface area contributed by atoms with Gasteiger partial charge in [-0.05, 0) is 35.7 Å². The number of hydrogen-bond donors (Lipinski definition) is 2. The molecule has 2 rings (SSSR count). The summed E-state index contributed by atoms with van der Waals surface area (Å²) in [5.41, 5.74) is 1.29. The number of anilines is 1. The van der Waals surface area contributed by atoms with Crippen molar-refractivity contribution in [3.05, 3.63) is 24.5 Å². The van der Waals surface area contributed by atoms with Crippen molar-refractivity contribution >= 4 is 24.0 Å². The molecule has 0 saturated heterocycles. The molecule has 8 nitrogen and oxygen atoms in total. The van der Waals surface area contributed by atoms with Gasteiger partial charge in [0.05, 0.1) is 13.7 Å². The van der Waals surface area contributed by atoms with Gasteiger partial charge in [-0.25, -0.2) is 0 Å². The first kappa shape index (κ1) is 15.9. The van der Waals surface area contributed by atoms with Crippen molar-refractivity contribution in [1.82, 2.24) is 25.5 Å². The van der Waals surface area contributed by atoms with Crippen LogP contribution in [-0.2, 0) is 4.79 Å². The van der Waals surface area contributed by atoms with Gasteiger partial charge in [-0.2, -0.15) is 4.68 Å². The summed E-state index contributed by atoms with van der Waals surface area (Å²) in [7, 11) is 3.27. The summed E-state index contributed by atoms with van der Waals surface area (Å²) in [6.07, 6.45) is 1.46. The van der Waals surface area contributed by atoms with Crippen molar-refractivity contribution in [2.45, 2.75) is 0 Å². The van der Waals surface area contributed by atoms with E-state index in [-0.39, 0.29) is 24.9 Å². The molecule has 0 aliphatic rings. The quantitative estimate of drug-likeness (QED) is 0.822. The minimum Gasteiger partial charge on any atom is -0.494 e. The maximum atomic E-state index is 11.5. The zero-order valence-corrected chi connectivity index (χ0v) is 11.8. The molecule has 108 valence electrons. The van der Waals surface area contributed by atoms with E-state index < -0.39 is 0 Å². The average molecular weight is 299 g/mol. The monoisotopic (exact) mass is 298 g/mol. The predicted molar refractivity (Wildman–Crippen MR) is 75.5 cm³/mol. The second-order valence-corrected chi connectivity index (χ2v) is 3.72. The number of carbonyl (C=O) groups excluding carboxylic acids is 1. The van der Waals surface area contributed by atoms with E-state index in [0.717, 1.165) is 0 Å². The molecule has 0 aliphatic heterocycles. The van der Waals surface area contributed by atoms with Gasteiger partial charge in [-0.1, -0.05) is 0 Å². The van der Waals surface area contributed by atoms with Crippen LogP contribution in [0, 0.1) is 0 Å². The molecule has 1 aromatic heterocycles. The number of ether oxygens (including phenoxy) is 1. The second kappa shape index (κ2) is 7.41. The molecule has 1 amide bonds. The summed E-state index contributed by atoms with van der Waals surface area (Å²) < 4.78 is 6.70. The van der Waals surface area contributed by atoms with E-state index in [2.05, 4.69) is 26.2 Å². The zero-order chi connectivity index (χ0) is 13.7. The highest BCUT2D eigenvalue weighted by atomic mass is 35.5. The Balaban J connectivity index is 0.00000200. The summed E-state index contributed by atoms with van der Waals surface area (Å²) in [6, 6.07) is 5.23. The number of aromatic nitrogens is 4. The third-order valence-electron chi connectivity index (χ3n) is 2.40. The predicted octanol–water partition coefficient (Wildman–Crippen LogP) is 0.251. The molecule has 2 N–H and O–H groups in total. The largest absolute Gasteiger partial charge is 0.494 e. The lowest BCUT2D eigenvalue weighted by Gasteiger charge is -2.10. The van der Waals surface area contributed by atoms with Crippen molar-refractivity contribution in [1.29, 1.82) is 0 Å². The molecule has 0 radical (unpaired) electrons. The number of likely N-dealkylation sites (N-methyl/N-ethyl adjacent to an activating group) is 1. The second-order valence-electron chi connectivity index (χ2n) is 3.72. The fourth-order valence-corrected chi connectivity index (χ4v) is 1.58. The Morgan fingerprint density at radius 3 is 2.85 bits per heavy atom. The summed E-state index contributed by atoms with van der Waals surface area (Å²) in [4.78, 5) is 11.5. The Hall–Kier alpha value is -2.19. The van der Waals surface area contributed by atoms with Crippen LogP contribution in [0.25, 0.3) is 5.69 Å². The summed E-state index contributed by atoms with van der Waals surface area (Å²) in [6.45, 7) is 0.242. The van der Waals surface area contributed by atoms with Crippen LogP contribution in [0.5, 0.6) is 5.75 Å². The number of nitrogens with zero attached hydrogens (tertiary/aromatic N) is 4. The van der Waals surface area contributed by atoms with Crippen molar-refractivity contribution in [3.8, 4) is 11.4 Å². The highest BCUT2D eigenvalue weighted by Crippen LogP contribution is 2.25. The molecule has 0 unspecified atom stereocenters. The SMILES string of the molecule is CNCC(=O)Nc1ccc(OC)c(-n2cnnn2)c1.Cl. The van der Waals surface area contributed by atoms with Crippen LogP contribution in [0.4, 0.5) is 5.69 Å². The zero-order valence-electron chi connectivity index (χ0n) is 11.0. The van der Waals surface area contributed by atoms with Crippen LogP contribution in [0.3, 0.4) is 0 Å². The number of benzene rings is 1. The van der Waals surface area contributed by atoms with Gasteiger partial charge in [0.2, 0.25) is 5.91 Å². The third-order valence-corrected chi connectivity index (χ3v) is 2.40. The van der Waals surface area contributed by atoms with Crippen LogP contribution < -0.4 is 15.4 Å². The molecule has 9 heteroatoms. The van der Waals surface area contributed by atoms with Gasteiger partial charge in [0, 0.05) is 5.69 Å². The van der Waals surface area contributed by atoms with Crippen molar-refractivity contribution in [2.24, 2.45) is 0 Å². The molecule has 0 atom stereocenters.